The first-order chi connectivity index (χ1) is 8.74. The zero-order valence-corrected chi connectivity index (χ0v) is 10.7. The average molecular weight is 247 g/mol. The van der Waals surface area contributed by atoms with E-state index in [2.05, 4.69) is 15.8 Å². The maximum atomic E-state index is 11.5. The van der Waals surface area contributed by atoms with Crippen LogP contribution in [0.4, 0.5) is 16.4 Å². The lowest BCUT2D eigenvalue weighted by Crippen LogP contribution is -2.18. The number of hydrogen-bond acceptors (Lipinski definition) is 3. The van der Waals surface area contributed by atoms with Gasteiger partial charge in [-0.2, -0.15) is 0 Å². The van der Waals surface area contributed by atoms with Crippen LogP contribution in [0, 0.1) is 6.92 Å². The summed E-state index contributed by atoms with van der Waals surface area (Å²) in [6.45, 7) is 5.78. The molecule has 0 aliphatic carbocycles. The van der Waals surface area contributed by atoms with E-state index in [9.17, 15) is 4.79 Å². The van der Waals surface area contributed by atoms with E-state index in [1.165, 1.54) is 0 Å². The minimum atomic E-state index is -0.359. The van der Waals surface area contributed by atoms with Crippen molar-refractivity contribution in [2.24, 2.45) is 0 Å². The molecule has 1 heterocycles. The molecule has 1 aromatic carbocycles. The SMILES string of the molecule is CC.Cc1cc(NC(=O)Nc2ccccc2)on1. The van der Waals surface area contributed by atoms with Gasteiger partial charge in [-0.25, -0.2) is 4.79 Å². The number of nitrogens with one attached hydrogen (secondary N) is 2. The van der Waals surface area contributed by atoms with Crippen LogP contribution in [0.15, 0.2) is 40.9 Å². The third kappa shape index (κ3) is 4.29. The maximum absolute atomic E-state index is 11.5. The van der Waals surface area contributed by atoms with E-state index in [1.807, 2.05) is 32.0 Å². The summed E-state index contributed by atoms with van der Waals surface area (Å²) in [7, 11) is 0. The lowest BCUT2D eigenvalue weighted by molar-refractivity contribution is 0.261. The summed E-state index contributed by atoms with van der Waals surface area (Å²) in [5, 5.41) is 8.85. The minimum absolute atomic E-state index is 0.325. The topological polar surface area (TPSA) is 67.2 Å². The Hall–Kier alpha value is -2.30. The summed E-state index contributed by atoms with van der Waals surface area (Å²) in [5.41, 5.74) is 1.44. The highest BCUT2D eigenvalue weighted by Gasteiger charge is 2.05. The largest absolute Gasteiger partial charge is 0.338 e. The van der Waals surface area contributed by atoms with Crippen LogP contribution in [0.3, 0.4) is 0 Å². The van der Waals surface area contributed by atoms with E-state index in [-0.39, 0.29) is 6.03 Å². The van der Waals surface area contributed by atoms with Crippen molar-refractivity contribution >= 4 is 17.6 Å². The lowest BCUT2D eigenvalue weighted by atomic mass is 10.3. The first kappa shape index (κ1) is 13.8. The number of hydrogen-bond donors (Lipinski definition) is 2. The molecule has 0 bridgehead atoms. The number of amides is 2. The number of nitrogens with zero attached hydrogens (tertiary/aromatic N) is 1. The zero-order valence-electron chi connectivity index (χ0n) is 10.7. The fraction of sp³-hybridized carbons (Fsp3) is 0.231. The van der Waals surface area contributed by atoms with Gasteiger partial charge in [0.2, 0.25) is 5.88 Å². The molecule has 5 heteroatoms. The van der Waals surface area contributed by atoms with Gasteiger partial charge in [0.25, 0.3) is 0 Å². The van der Waals surface area contributed by atoms with Crippen LogP contribution in [-0.4, -0.2) is 11.2 Å². The Kier molecular flexibility index (Phi) is 5.44. The molecule has 0 radical (unpaired) electrons. The first-order valence-electron chi connectivity index (χ1n) is 5.80. The number of carbonyl (C=O) groups excluding carboxylic acids is 1. The molecule has 1 aromatic heterocycles. The molecule has 2 rings (SSSR count). The first-order valence-corrected chi connectivity index (χ1v) is 5.80. The van der Waals surface area contributed by atoms with Gasteiger partial charge < -0.3 is 9.84 Å². The summed E-state index contributed by atoms with van der Waals surface area (Å²) in [6.07, 6.45) is 0. The van der Waals surface area contributed by atoms with Gasteiger partial charge >= 0.3 is 6.03 Å². The van der Waals surface area contributed by atoms with Gasteiger partial charge in [0.15, 0.2) is 0 Å². The van der Waals surface area contributed by atoms with Crippen molar-refractivity contribution in [3.8, 4) is 0 Å². The number of benzene rings is 1. The quantitative estimate of drug-likeness (QED) is 0.851. The molecule has 2 N–H and O–H groups in total. The summed E-state index contributed by atoms with van der Waals surface area (Å²) in [6, 6.07) is 10.4. The Morgan fingerprint density at radius 1 is 1.17 bits per heavy atom. The van der Waals surface area contributed by atoms with E-state index < -0.39 is 0 Å². The highest BCUT2D eigenvalue weighted by molar-refractivity contribution is 5.98. The minimum Gasteiger partial charge on any atom is -0.338 e. The third-order valence-corrected chi connectivity index (χ3v) is 1.90. The average Bonchev–Trinajstić information content (AvgIpc) is 2.78. The second-order valence-corrected chi connectivity index (χ2v) is 3.28. The summed E-state index contributed by atoms with van der Waals surface area (Å²) in [4.78, 5) is 11.5. The molecule has 0 atom stereocenters. The number of para-hydroxylation sites is 1. The van der Waals surface area contributed by atoms with Crippen molar-refractivity contribution in [1.29, 1.82) is 0 Å². The van der Waals surface area contributed by atoms with Crippen LogP contribution in [0.1, 0.15) is 19.5 Å². The van der Waals surface area contributed by atoms with E-state index in [4.69, 9.17) is 4.52 Å². The molecule has 0 spiro atoms. The van der Waals surface area contributed by atoms with Gasteiger partial charge in [0.1, 0.15) is 0 Å². The molecule has 18 heavy (non-hydrogen) atoms. The molecule has 2 amide bonds. The van der Waals surface area contributed by atoms with Crippen LogP contribution >= 0.6 is 0 Å². The monoisotopic (exact) mass is 247 g/mol. The van der Waals surface area contributed by atoms with E-state index in [0.717, 1.165) is 11.4 Å². The molecule has 96 valence electrons. The number of aromatic nitrogens is 1. The highest BCUT2D eigenvalue weighted by Crippen LogP contribution is 2.10. The Bertz CT molecular complexity index is 480. The predicted molar refractivity (Wildman–Crippen MR) is 71.7 cm³/mol. The van der Waals surface area contributed by atoms with Gasteiger partial charge in [-0.3, -0.25) is 5.32 Å². The number of carbonyl (C=O) groups is 1. The molecule has 0 fully saturated rings. The zero-order chi connectivity index (χ0) is 13.4. The van der Waals surface area contributed by atoms with Crippen LogP contribution in [0.25, 0.3) is 0 Å². The lowest BCUT2D eigenvalue weighted by Gasteiger charge is -2.03. The van der Waals surface area contributed by atoms with Crippen molar-refractivity contribution in [3.63, 3.8) is 0 Å². The number of urea groups is 1. The van der Waals surface area contributed by atoms with Crippen LogP contribution < -0.4 is 10.6 Å². The second kappa shape index (κ2) is 7.11. The third-order valence-electron chi connectivity index (χ3n) is 1.90. The van der Waals surface area contributed by atoms with Crippen molar-refractivity contribution in [2.45, 2.75) is 20.8 Å². The van der Waals surface area contributed by atoms with Gasteiger partial charge in [0, 0.05) is 11.8 Å². The van der Waals surface area contributed by atoms with Crippen LogP contribution in [0.5, 0.6) is 0 Å². The summed E-state index contributed by atoms with van der Waals surface area (Å²) < 4.78 is 4.85. The number of anilines is 2. The van der Waals surface area contributed by atoms with Crippen molar-refractivity contribution in [1.82, 2.24) is 5.16 Å². The second-order valence-electron chi connectivity index (χ2n) is 3.28. The van der Waals surface area contributed by atoms with Crippen LogP contribution in [0.2, 0.25) is 0 Å². The van der Waals surface area contributed by atoms with Crippen LogP contribution in [-0.2, 0) is 0 Å². The Labute approximate surface area is 106 Å². The summed E-state index contributed by atoms with van der Waals surface area (Å²) in [5.74, 6) is 0.325. The molecular weight excluding hydrogens is 230 g/mol. The maximum Gasteiger partial charge on any atom is 0.326 e. The fourth-order valence-electron chi connectivity index (χ4n) is 1.22. The molecule has 0 aliphatic heterocycles. The Balaban J connectivity index is 0.000000771. The van der Waals surface area contributed by atoms with E-state index in [0.29, 0.717) is 5.88 Å². The Morgan fingerprint density at radius 3 is 2.39 bits per heavy atom. The number of aryl methyl sites for hydroxylation is 1. The van der Waals surface area contributed by atoms with E-state index in [1.54, 1.807) is 25.1 Å². The molecule has 0 saturated heterocycles. The van der Waals surface area contributed by atoms with Gasteiger partial charge in [-0.15, -0.1) is 0 Å². The van der Waals surface area contributed by atoms with E-state index >= 15 is 0 Å². The normalized spacial score (nSPS) is 9.06. The molecule has 0 unspecified atom stereocenters. The molecule has 2 aromatic rings. The molecular formula is C13H17N3O2. The fourth-order valence-corrected chi connectivity index (χ4v) is 1.22. The van der Waals surface area contributed by atoms with Gasteiger partial charge in [0.05, 0.1) is 5.69 Å². The standard InChI is InChI=1S/C11H11N3O2.C2H6/c1-8-7-10(16-14-8)13-11(15)12-9-5-3-2-4-6-9;1-2/h2-7H,1H3,(H2,12,13,15);1-2H3. The molecule has 0 saturated carbocycles. The molecule has 0 aliphatic rings. The Morgan fingerprint density at radius 2 is 1.83 bits per heavy atom. The smallest absolute Gasteiger partial charge is 0.326 e. The van der Waals surface area contributed by atoms with Crippen molar-refractivity contribution in [2.75, 3.05) is 10.6 Å². The van der Waals surface area contributed by atoms with Crippen molar-refractivity contribution in [3.05, 3.63) is 42.1 Å². The van der Waals surface area contributed by atoms with Gasteiger partial charge in [-0.1, -0.05) is 37.2 Å². The van der Waals surface area contributed by atoms with Crippen molar-refractivity contribution < 1.29 is 9.32 Å². The predicted octanol–water partition coefficient (Wildman–Crippen LogP) is 3.65. The number of rotatable bonds is 2. The molecule has 5 nitrogen and oxygen atoms in total. The summed E-state index contributed by atoms with van der Waals surface area (Å²) >= 11 is 0. The van der Waals surface area contributed by atoms with Gasteiger partial charge in [-0.05, 0) is 19.1 Å². The highest BCUT2D eigenvalue weighted by atomic mass is 16.5.